The van der Waals surface area contributed by atoms with E-state index in [4.69, 9.17) is 0 Å². The second kappa shape index (κ2) is 12.0. The van der Waals surface area contributed by atoms with Crippen LogP contribution in [0.4, 0.5) is 8.78 Å². The Morgan fingerprint density at radius 2 is 1.35 bits per heavy atom. The van der Waals surface area contributed by atoms with Crippen LogP contribution in [0.5, 0.6) is 0 Å². The van der Waals surface area contributed by atoms with Gasteiger partial charge in [0.05, 0.1) is 6.04 Å². The van der Waals surface area contributed by atoms with Gasteiger partial charge in [-0.2, -0.15) is 0 Å². The molecule has 7 N–H and O–H groups in total. The predicted octanol–water partition coefficient (Wildman–Crippen LogP) is -3.48. The molecule has 2 rings (SSSR count). The summed E-state index contributed by atoms with van der Waals surface area (Å²) < 4.78 is 27.4. The molecule has 0 bridgehead atoms. The first-order valence-electron chi connectivity index (χ1n) is 9.65. The Hall–Kier alpha value is -3.65. The Balaban J connectivity index is 2.18. The van der Waals surface area contributed by atoms with Crippen LogP contribution >= 0.6 is 0 Å². The Labute approximate surface area is 192 Å². The van der Waals surface area contributed by atoms with Crippen LogP contribution in [0.15, 0.2) is 36.4 Å². The van der Waals surface area contributed by atoms with Crippen molar-refractivity contribution in [3.8, 4) is 0 Å². The van der Waals surface area contributed by atoms with Crippen LogP contribution in [0.25, 0.3) is 0 Å². The van der Waals surface area contributed by atoms with E-state index in [1.165, 1.54) is 0 Å². The van der Waals surface area contributed by atoms with Crippen LogP contribution < -0.4 is 26.9 Å². The molecule has 0 spiro atoms. The average molecular weight is 477 g/mol. The fourth-order valence-corrected chi connectivity index (χ4v) is 2.89. The average Bonchev–Trinajstić information content (AvgIpc) is 2.76. The van der Waals surface area contributed by atoms with Crippen LogP contribution in [0.3, 0.4) is 0 Å². The van der Waals surface area contributed by atoms with Gasteiger partial charge in [0.2, 0.25) is 12.3 Å². The molecule has 0 aromatic heterocycles. The molecule has 0 radical (unpaired) electrons. The first-order valence-corrected chi connectivity index (χ1v) is 9.65. The van der Waals surface area contributed by atoms with Gasteiger partial charge in [0.1, 0.15) is 11.6 Å². The fraction of sp³-hybridized carbons (Fsp3) is 0.158. The molecule has 34 heavy (non-hydrogen) atoms. The van der Waals surface area contributed by atoms with Crippen molar-refractivity contribution >= 4 is 49.3 Å². The molecule has 0 aliphatic carbocycles. The van der Waals surface area contributed by atoms with Gasteiger partial charge in [0, 0.05) is 24.1 Å². The lowest BCUT2D eigenvalue weighted by molar-refractivity contribution is -0.125. The van der Waals surface area contributed by atoms with Crippen LogP contribution in [0.1, 0.15) is 27.1 Å². The Kier molecular flexibility index (Phi) is 9.38. The molecule has 4 amide bonds. The van der Waals surface area contributed by atoms with E-state index in [-0.39, 0.29) is 28.5 Å². The SMILES string of the molecule is O=CNC(=O)CC(CNC(=O)c1cc(F)cc(B(O)O)c1)NC(=O)c1cc(F)cc(B(O)O)c1. The van der Waals surface area contributed by atoms with Crippen molar-refractivity contribution in [1.29, 1.82) is 0 Å². The number of nitrogens with one attached hydrogen (secondary N) is 3. The number of rotatable bonds is 10. The van der Waals surface area contributed by atoms with E-state index in [1.807, 2.05) is 5.32 Å². The third-order valence-electron chi connectivity index (χ3n) is 4.46. The van der Waals surface area contributed by atoms with Crippen LogP contribution in [0, 0.1) is 11.6 Å². The lowest BCUT2D eigenvalue weighted by Gasteiger charge is -2.19. The van der Waals surface area contributed by atoms with Crippen molar-refractivity contribution in [2.75, 3.05) is 6.54 Å². The van der Waals surface area contributed by atoms with Gasteiger partial charge in [0.15, 0.2) is 0 Å². The maximum atomic E-state index is 13.7. The molecule has 0 aliphatic rings. The summed E-state index contributed by atoms with van der Waals surface area (Å²) in [4.78, 5) is 47.2. The maximum Gasteiger partial charge on any atom is 0.488 e. The lowest BCUT2D eigenvalue weighted by Crippen LogP contribution is -2.46. The highest BCUT2D eigenvalue weighted by Crippen LogP contribution is 2.06. The molecule has 15 heteroatoms. The minimum Gasteiger partial charge on any atom is -0.423 e. The summed E-state index contributed by atoms with van der Waals surface area (Å²) in [5.74, 6) is -4.49. The Morgan fingerprint density at radius 3 is 1.82 bits per heavy atom. The summed E-state index contributed by atoms with van der Waals surface area (Å²) in [5, 5.41) is 43.3. The maximum absolute atomic E-state index is 13.7. The van der Waals surface area contributed by atoms with Crippen LogP contribution in [0.2, 0.25) is 0 Å². The second-order valence-corrected chi connectivity index (χ2v) is 7.06. The van der Waals surface area contributed by atoms with Crippen molar-refractivity contribution in [3.63, 3.8) is 0 Å². The smallest absolute Gasteiger partial charge is 0.423 e. The molecule has 2 aromatic carbocycles. The van der Waals surface area contributed by atoms with Gasteiger partial charge in [-0.05, 0) is 47.3 Å². The third-order valence-corrected chi connectivity index (χ3v) is 4.46. The number of halogens is 2. The minimum atomic E-state index is -2.05. The van der Waals surface area contributed by atoms with Crippen LogP contribution in [-0.2, 0) is 9.59 Å². The molecule has 0 saturated carbocycles. The van der Waals surface area contributed by atoms with Gasteiger partial charge in [-0.3, -0.25) is 24.5 Å². The third kappa shape index (κ3) is 7.74. The van der Waals surface area contributed by atoms with Crippen molar-refractivity contribution < 1.29 is 48.1 Å². The fourth-order valence-electron chi connectivity index (χ4n) is 2.89. The van der Waals surface area contributed by atoms with E-state index in [9.17, 15) is 48.1 Å². The molecule has 0 fully saturated rings. The number of imide groups is 1. The molecule has 1 atom stereocenters. The van der Waals surface area contributed by atoms with Crippen molar-refractivity contribution in [2.45, 2.75) is 12.5 Å². The molecule has 11 nitrogen and oxygen atoms in total. The number of amides is 4. The zero-order valence-corrected chi connectivity index (χ0v) is 17.4. The standard InChI is InChI=1S/C19H19B2F2N3O8/c22-14-3-10(1-12(5-14)20(31)32)18(29)24-8-16(7-17(28)25-9-27)26-19(30)11-2-13(21(33)34)6-15(23)4-11/h1-6,9,16,31-34H,7-8H2,(H,24,29)(H,26,30)(H,25,27,28). The van der Waals surface area contributed by atoms with Gasteiger partial charge in [0.25, 0.3) is 11.8 Å². The highest BCUT2D eigenvalue weighted by molar-refractivity contribution is 6.59. The van der Waals surface area contributed by atoms with E-state index in [1.54, 1.807) is 0 Å². The summed E-state index contributed by atoms with van der Waals surface area (Å²) in [6.45, 7) is -0.408. The molecular weight excluding hydrogens is 458 g/mol. The second-order valence-electron chi connectivity index (χ2n) is 7.06. The van der Waals surface area contributed by atoms with Gasteiger partial charge < -0.3 is 30.7 Å². The molecule has 178 valence electrons. The van der Waals surface area contributed by atoms with Crippen LogP contribution in [-0.4, -0.2) is 71.1 Å². The van der Waals surface area contributed by atoms with E-state index in [2.05, 4.69) is 10.6 Å². The Bertz CT molecular complexity index is 1090. The van der Waals surface area contributed by atoms with E-state index < -0.39 is 62.6 Å². The lowest BCUT2D eigenvalue weighted by atomic mass is 9.79. The summed E-state index contributed by atoms with van der Waals surface area (Å²) in [6.07, 6.45) is -0.394. The van der Waals surface area contributed by atoms with E-state index in [0.717, 1.165) is 36.4 Å². The van der Waals surface area contributed by atoms with Gasteiger partial charge in [-0.25, -0.2) is 8.78 Å². The van der Waals surface area contributed by atoms with Gasteiger partial charge in [-0.1, -0.05) is 0 Å². The first-order chi connectivity index (χ1) is 16.0. The zero-order chi connectivity index (χ0) is 25.4. The summed E-state index contributed by atoms with van der Waals surface area (Å²) >= 11 is 0. The normalized spacial score (nSPS) is 11.2. The summed E-state index contributed by atoms with van der Waals surface area (Å²) in [7, 11) is -4.08. The topological polar surface area (TPSA) is 185 Å². The zero-order valence-electron chi connectivity index (χ0n) is 17.4. The van der Waals surface area contributed by atoms with Crippen molar-refractivity contribution in [1.82, 2.24) is 16.0 Å². The quantitative estimate of drug-likeness (QED) is 0.136. The molecule has 0 heterocycles. The first kappa shape index (κ1) is 26.6. The number of hydrogen-bond donors (Lipinski definition) is 7. The van der Waals surface area contributed by atoms with E-state index >= 15 is 0 Å². The number of carbonyl (C=O) groups excluding carboxylic acids is 4. The summed E-state index contributed by atoms with van der Waals surface area (Å²) in [5.41, 5.74) is -1.19. The molecule has 0 aliphatic heterocycles. The van der Waals surface area contributed by atoms with Crippen molar-refractivity contribution in [3.05, 3.63) is 59.2 Å². The highest BCUT2D eigenvalue weighted by Gasteiger charge is 2.22. The molecule has 1 unspecified atom stereocenters. The largest absolute Gasteiger partial charge is 0.488 e. The predicted molar refractivity (Wildman–Crippen MR) is 115 cm³/mol. The molecule has 2 aromatic rings. The van der Waals surface area contributed by atoms with Crippen molar-refractivity contribution in [2.24, 2.45) is 0 Å². The number of benzene rings is 2. The minimum absolute atomic E-state index is 0.107. The van der Waals surface area contributed by atoms with Gasteiger partial charge >= 0.3 is 14.2 Å². The number of carbonyl (C=O) groups is 4. The molecule has 0 saturated heterocycles. The summed E-state index contributed by atoms with van der Waals surface area (Å²) in [6, 6.07) is 4.11. The Morgan fingerprint density at radius 1 is 0.853 bits per heavy atom. The highest BCUT2D eigenvalue weighted by atomic mass is 19.1. The molecular formula is C19H19B2F2N3O8. The number of hydrogen-bond acceptors (Lipinski definition) is 8. The van der Waals surface area contributed by atoms with E-state index in [0.29, 0.717) is 0 Å². The monoisotopic (exact) mass is 477 g/mol. The van der Waals surface area contributed by atoms with Gasteiger partial charge in [-0.15, -0.1) is 0 Å².